The van der Waals surface area contributed by atoms with Crippen LogP contribution in [0.25, 0.3) is 17.0 Å². The summed E-state index contributed by atoms with van der Waals surface area (Å²) in [5, 5.41) is 7.11. The van der Waals surface area contributed by atoms with Gasteiger partial charge in [-0.1, -0.05) is 23.7 Å². The van der Waals surface area contributed by atoms with Gasteiger partial charge in [0, 0.05) is 12.7 Å². The molecule has 0 aliphatic heterocycles. The van der Waals surface area contributed by atoms with E-state index in [0.29, 0.717) is 17.3 Å². The lowest BCUT2D eigenvalue weighted by atomic mass is 10.3. The minimum atomic E-state index is -0.503. The van der Waals surface area contributed by atoms with Crippen molar-refractivity contribution in [1.29, 1.82) is 0 Å². The van der Waals surface area contributed by atoms with Crippen molar-refractivity contribution in [2.75, 3.05) is 5.32 Å². The molecule has 2 heterocycles. The van der Waals surface area contributed by atoms with Gasteiger partial charge in [-0.3, -0.25) is 4.79 Å². The number of para-hydroxylation sites is 2. The van der Waals surface area contributed by atoms with Crippen LogP contribution in [0.2, 0.25) is 5.02 Å². The fraction of sp³-hybridized carbons (Fsp3) is 0.0556. The molecule has 0 atom stereocenters. The molecule has 1 N–H and O–H groups in total. The third-order valence-electron chi connectivity index (χ3n) is 4.00. The number of imidazole rings is 1. The van der Waals surface area contributed by atoms with Gasteiger partial charge in [-0.2, -0.15) is 9.78 Å². The van der Waals surface area contributed by atoms with Crippen LogP contribution in [0.4, 0.5) is 15.8 Å². The van der Waals surface area contributed by atoms with Crippen LogP contribution >= 0.6 is 11.6 Å². The SMILES string of the molecule is Cn1c(-n2ncc(Nc3ccc(F)cc3)c(Cl)c2=O)nc2ccccc21. The van der Waals surface area contributed by atoms with E-state index in [0.717, 1.165) is 15.7 Å². The van der Waals surface area contributed by atoms with Crippen molar-refractivity contribution in [3.63, 3.8) is 0 Å². The molecular formula is C18H13ClFN5O. The second-order valence-corrected chi connectivity index (χ2v) is 6.06. The number of hydrogen-bond acceptors (Lipinski definition) is 4. The van der Waals surface area contributed by atoms with Gasteiger partial charge >= 0.3 is 0 Å². The molecule has 0 spiro atoms. The lowest BCUT2D eigenvalue weighted by molar-refractivity contribution is 0.628. The van der Waals surface area contributed by atoms with E-state index in [1.165, 1.54) is 18.3 Å². The van der Waals surface area contributed by atoms with Gasteiger partial charge in [0.2, 0.25) is 5.95 Å². The summed E-state index contributed by atoms with van der Waals surface area (Å²) in [7, 11) is 1.80. The smallest absolute Gasteiger partial charge is 0.295 e. The average molecular weight is 370 g/mol. The van der Waals surface area contributed by atoms with Gasteiger partial charge in [-0.05, 0) is 36.4 Å². The summed E-state index contributed by atoms with van der Waals surface area (Å²) in [6, 6.07) is 13.2. The number of nitrogens with one attached hydrogen (secondary N) is 1. The Hall–Kier alpha value is -3.19. The minimum Gasteiger partial charge on any atom is -0.353 e. The Morgan fingerprint density at radius 2 is 1.85 bits per heavy atom. The standard InChI is InChI=1S/C18H13ClFN5O/c1-24-15-5-3-2-4-13(15)23-18(24)25-17(26)16(19)14(10-21-25)22-12-8-6-11(20)7-9-12/h2-10,22H,1H3. The maximum absolute atomic E-state index is 13.0. The van der Waals surface area contributed by atoms with Gasteiger partial charge < -0.3 is 9.88 Å². The Morgan fingerprint density at radius 1 is 1.12 bits per heavy atom. The summed E-state index contributed by atoms with van der Waals surface area (Å²) in [6.07, 6.45) is 1.44. The number of fused-ring (bicyclic) bond motifs is 1. The van der Waals surface area contributed by atoms with Crippen molar-refractivity contribution >= 4 is 34.0 Å². The Kier molecular flexibility index (Phi) is 3.93. The predicted octanol–water partition coefficient (Wildman–Crippen LogP) is 3.66. The molecule has 8 heteroatoms. The summed E-state index contributed by atoms with van der Waals surface area (Å²) in [5.74, 6) is 0.0171. The molecule has 130 valence electrons. The molecule has 0 bridgehead atoms. The Balaban J connectivity index is 1.77. The van der Waals surface area contributed by atoms with E-state index in [1.54, 1.807) is 23.7 Å². The van der Waals surface area contributed by atoms with Crippen molar-refractivity contribution in [3.05, 3.63) is 75.9 Å². The highest BCUT2D eigenvalue weighted by molar-refractivity contribution is 6.33. The topological polar surface area (TPSA) is 64.7 Å². The maximum Gasteiger partial charge on any atom is 0.295 e. The number of rotatable bonds is 3. The molecule has 0 unspecified atom stereocenters. The van der Waals surface area contributed by atoms with E-state index >= 15 is 0 Å². The lowest BCUT2D eigenvalue weighted by Crippen LogP contribution is -2.24. The fourth-order valence-electron chi connectivity index (χ4n) is 2.67. The van der Waals surface area contributed by atoms with E-state index < -0.39 is 5.56 Å². The predicted molar refractivity (Wildman–Crippen MR) is 98.8 cm³/mol. The molecule has 2 aromatic carbocycles. The van der Waals surface area contributed by atoms with Crippen LogP contribution < -0.4 is 10.9 Å². The van der Waals surface area contributed by atoms with Gasteiger partial charge in [0.25, 0.3) is 5.56 Å². The molecule has 0 aliphatic carbocycles. The highest BCUT2D eigenvalue weighted by Gasteiger charge is 2.16. The highest BCUT2D eigenvalue weighted by Crippen LogP contribution is 2.22. The number of halogens is 2. The zero-order valence-corrected chi connectivity index (χ0v) is 14.4. The van der Waals surface area contributed by atoms with Gasteiger partial charge in [0.05, 0.1) is 22.9 Å². The number of hydrogen-bond donors (Lipinski definition) is 1. The van der Waals surface area contributed by atoms with E-state index in [4.69, 9.17) is 11.6 Å². The van der Waals surface area contributed by atoms with Crippen molar-refractivity contribution in [2.24, 2.45) is 7.05 Å². The van der Waals surface area contributed by atoms with Crippen LogP contribution in [0.5, 0.6) is 0 Å². The Bertz CT molecular complexity index is 1170. The molecule has 2 aromatic heterocycles. The fourth-order valence-corrected chi connectivity index (χ4v) is 2.85. The lowest BCUT2D eigenvalue weighted by Gasteiger charge is -2.10. The van der Waals surface area contributed by atoms with Crippen LogP contribution in [0, 0.1) is 5.82 Å². The maximum atomic E-state index is 13.0. The third kappa shape index (κ3) is 2.72. The first-order chi connectivity index (χ1) is 12.5. The first kappa shape index (κ1) is 16.3. The van der Waals surface area contributed by atoms with E-state index in [-0.39, 0.29) is 10.8 Å². The van der Waals surface area contributed by atoms with E-state index in [9.17, 15) is 9.18 Å². The number of anilines is 2. The molecule has 4 aromatic rings. The molecule has 6 nitrogen and oxygen atoms in total. The molecule has 0 fully saturated rings. The number of aromatic nitrogens is 4. The van der Waals surface area contributed by atoms with Gasteiger partial charge in [0.15, 0.2) is 0 Å². The van der Waals surface area contributed by atoms with Crippen molar-refractivity contribution < 1.29 is 4.39 Å². The quantitative estimate of drug-likeness (QED) is 0.598. The summed E-state index contributed by atoms with van der Waals surface area (Å²) in [4.78, 5) is 17.1. The zero-order valence-electron chi connectivity index (χ0n) is 13.6. The van der Waals surface area contributed by atoms with E-state index in [2.05, 4.69) is 15.4 Å². The summed E-state index contributed by atoms with van der Waals surface area (Å²) >= 11 is 6.23. The summed E-state index contributed by atoms with van der Waals surface area (Å²) in [6.45, 7) is 0. The second-order valence-electron chi connectivity index (χ2n) is 5.68. The first-order valence-electron chi connectivity index (χ1n) is 7.77. The minimum absolute atomic E-state index is 0.0311. The number of benzene rings is 2. The van der Waals surface area contributed by atoms with Crippen LogP contribution in [-0.4, -0.2) is 19.3 Å². The van der Waals surface area contributed by atoms with Crippen molar-refractivity contribution in [2.45, 2.75) is 0 Å². The Labute approximate surface area is 152 Å². The van der Waals surface area contributed by atoms with Gasteiger partial charge in [0.1, 0.15) is 10.8 Å². The van der Waals surface area contributed by atoms with Gasteiger partial charge in [-0.15, -0.1) is 0 Å². The van der Waals surface area contributed by atoms with Crippen LogP contribution in [0.15, 0.2) is 59.5 Å². The zero-order chi connectivity index (χ0) is 18.3. The Morgan fingerprint density at radius 3 is 2.58 bits per heavy atom. The summed E-state index contributed by atoms with van der Waals surface area (Å²) in [5.41, 5.74) is 2.05. The van der Waals surface area contributed by atoms with Crippen molar-refractivity contribution in [1.82, 2.24) is 19.3 Å². The van der Waals surface area contributed by atoms with Gasteiger partial charge in [-0.25, -0.2) is 9.37 Å². The normalized spacial score (nSPS) is 11.0. The largest absolute Gasteiger partial charge is 0.353 e. The third-order valence-corrected chi connectivity index (χ3v) is 4.36. The molecule has 0 radical (unpaired) electrons. The van der Waals surface area contributed by atoms with Crippen LogP contribution in [0.1, 0.15) is 0 Å². The average Bonchev–Trinajstić information content (AvgIpc) is 2.98. The number of nitrogens with zero attached hydrogens (tertiary/aromatic N) is 4. The molecule has 26 heavy (non-hydrogen) atoms. The number of aryl methyl sites for hydroxylation is 1. The van der Waals surface area contributed by atoms with Crippen molar-refractivity contribution in [3.8, 4) is 5.95 Å². The van der Waals surface area contributed by atoms with E-state index in [1.807, 2.05) is 24.3 Å². The molecule has 0 aliphatic rings. The second kappa shape index (κ2) is 6.27. The van der Waals surface area contributed by atoms with Crippen LogP contribution in [0.3, 0.4) is 0 Å². The van der Waals surface area contributed by atoms with Crippen LogP contribution in [-0.2, 0) is 7.05 Å². The molecule has 4 rings (SSSR count). The molecule has 0 saturated carbocycles. The molecule has 0 amide bonds. The molecule has 0 saturated heterocycles. The first-order valence-corrected chi connectivity index (χ1v) is 8.14. The monoisotopic (exact) mass is 369 g/mol. The summed E-state index contributed by atoms with van der Waals surface area (Å²) < 4.78 is 15.9. The highest BCUT2D eigenvalue weighted by atomic mass is 35.5. The molecular weight excluding hydrogens is 357 g/mol.